The number of nitrogens with one attached hydrogen (secondary N) is 1. The van der Waals surface area contributed by atoms with Gasteiger partial charge < -0.3 is 10.1 Å². The summed E-state index contributed by atoms with van der Waals surface area (Å²) in [6.45, 7) is 4.21. The van der Waals surface area contributed by atoms with E-state index in [9.17, 15) is 0 Å². The van der Waals surface area contributed by atoms with Crippen molar-refractivity contribution in [2.24, 2.45) is 0 Å². The molecule has 0 bridgehead atoms. The van der Waals surface area contributed by atoms with Crippen LogP contribution in [0.4, 0.5) is 0 Å². The summed E-state index contributed by atoms with van der Waals surface area (Å²) < 4.78 is 5.28. The molecule has 0 amide bonds. The van der Waals surface area contributed by atoms with Crippen molar-refractivity contribution in [2.45, 2.75) is 19.4 Å². The number of fused-ring (bicyclic) bond motifs is 1. The molecular formula is C19H21NOS. The molecule has 3 rings (SSSR count). The molecule has 2 nitrogen and oxygen atoms in total. The quantitative estimate of drug-likeness (QED) is 0.706. The smallest absolute Gasteiger partial charge is 0.119 e. The molecule has 0 radical (unpaired) electrons. The predicted octanol–water partition coefficient (Wildman–Crippen LogP) is 4.80. The third-order valence-electron chi connectivity index (χ3n) is 3.97. The molecule has 3 heteroatoms. The van der Waals surface area contributed by atoms with Crippen molar-refractivity contribution in [2.75, 3.05) is 13.7 Å². The Morgan fingerprint density at radius 3 is 2.68 bits per heavy atom. The van der Waals surface area contributed by atoms with Crippen LogP contribution in [0.2, 0.25) is 0 Å². The fourth-order valence-electron chi connectivity index (χ4n) is 2.62. The average Bonchev–Trinajstić information content (AvgIpc) is 3.07. The number of benzene rings is 2. The van der Waals surface area contributed by atoms with E-state index in [1.165, 1.54) is 21.2 Å². The molecule has 114 valence electrons. The molecule has 1 N–H and O–H groups in total. The van der Waals surface area contributed by atoms with E-state index in [1.807, 2.05) is 6.07 Å². The first-order valence-corrected chi connectivity index (χ1v) is 8.45. The Balaban J connectivity index is 1.66. The van der Waals surface area contributed by atoms with Crippen molar-refractivity contribution < 1.29 is 4.74 Å². The van der Waals surface area contributed by atoms with E-state index in [4.69, 9.17) is 4.74 Å². The lowest BCUT2D eigenvalue weighted by molar-refractivity contribution is 0.415. The van der Waals surface area contributed by atoms with E-state index in [0.29, 0.717) is 5.92 Å². The summed E-state index contributed by atoms with van der Waals surface area (Å²) in [4.78, 5) is 1.39. The minimum absolute atomic E-state index is 0.492. The first-order chi connectivity index (χ1) is 10.8. The summed E-state index contributed by atoms with van der Waals surface area (Å²) in [6, 6.07) is 17.2. The fourth-order valence-corrected chi connectivity index (χ4v) is 3.29. The summed E-state index contributed by atoms with van der Waals surface area (Å²) in [6.07, 6.45) is 0. The maximum atomic E-state index is 5.28. The molecule has 0 aliphatic heterocycles. The summed E-state index contributed by atoms with van der Waals surface area (Å²) >= 11 is 1.80. The van der Waals surface area contributed by atoms with Gasteiger partial charge in [-0.3, -0.25) is 0 Å². The molecule has 2 aromatic carbocycles. The van der Waals surface area contributed by atoms with Gasteiger partial charge in [0.15, 0.2) is 0 Å². The number of thiophene rings is 1. The minimum atomic E-state index is 0.492. The van der Waals surface area contributed by atoms with Crippen LogP contribution >= 0.6 is 11.3 Å². The Hall–Kier alpha value is -1.84. The second-order valence-corrected chi connectivity index (χ2v) is 6.62. The predicted molar refractivity (Wildman–Crippen MR) is 94.9 cm³/mol. The van der Waals surface area contributed by atoms with Gasteiger partial charge in [-0.25, -0.2) is 0 Å². The largest absolute Gasteiger partial charge is 0.497 e. The van der Waals surface area contributed by atoms with Gasteiger partial charge in [0.1, 0.15) is 5.75 Å². The van der Waals surface area contributed by atoms with Crippen LogP contribution in [0, 0.1) is 0 Å². The van der Waals surface area contributed by atoms with Gasteiger partial charge in [-0.2, -0.15) is 0 Å². The van der Waals surface area contributed by atoms with Crippen LogP contribution in [0.3, 0.4) is 0 Å². The van der Waals surface area contributed by atoms with E-state index in [2.05, 4.69) is 60.1 Å². The van der Waals surface area contributed by atoms with Crippen LogP contribution in [0.5, 0.6) is 5.75 Å². The zero-order valence-electron chi connectivity index (χ0n) is 13.0. The van der Waals surface area contributed by atoms with E-state index < -0.39 is 0 Å². The lowest BCUT2D eigenvalue weighted by Crippen LogP contribution is -2.19. The van der Waals surface area contributed by atoms with Gasteiger partial charge in [0, 0.05) is 18.0 Å². The molecule has 1 heterocycles. The van der Waals surface area contributed by atoms with Crippen LogP contribution in [0.15, 0.2) is 53.9 Å². The van der Waals surface area contributed by atoms with Crippen LogP contribution < -0.4 is 10.1 Å². The normalized spacial score (nSPS) is 12.5. The Labute approximate surface area is 135 Å². The molecule has 1 unspecified atom stereocenters. The minimum Gasteiger partial charge on any atom is -0.497 e. The first kappa shape index (κ1) is 15.1. The number of methoxy groups -OCH3 is 1. The Kier molecular flexibility index (Phi) is 4.76. The van der Waals surface area contributed by atoms with Gasteiger partial charge in [-0.15, -0.1) is 11.3 Å². The monoisotopic (exact) mass is 311 g/mol. The number of ether oxygens (including phenoxy) is 1. The number of rotatable bonds is 6. The Morgan fingerprint density at radius 1 is 1.09 bits per heavy atom. The van der Waals surface area contributed by atoms with Gasteiger partial charge in [-0.1, -0.05) is 37.3 Å². The first-order valence-electron chi connectivity index (χ1n) is 7.57. The number of hydrogen-bond acceptors (Lipinski definition) is 3. The van der Waals surface area contributed by atoms with Crippen LogP contribution in [0.1, 0.15) is 23.3 Å². The standard InChI is InChI=1S/C19H21NOS/c1-14(12-20-13-19-4-3-9-22-19)15-5-6-17-11-18(21-2)8-7-16(17)10-15/h3-11,14,20H,12-13H2,1-2H3. The topological polar surface area (TPSA) is 21.3 Å². The molecule has 3 aromatic rings. The SMILES string of the molecule is COc1ccc2cc(C(C)CNCc3cccs3)ccc2c1. The van der Waals surface area contributed by atoms with Gasteiger partial charge in [0.05, 0.1) is 7.11 Å². The van der Waals surface area contributed by atoms with Gasteiger partial charge >= 0.3 is 0 Å². The van der Waals surface area contributed by atoms with Crippen LogP contribution in [0.25, 0.3) is 10.8 Å². The fraction of sp³-hybridized carbons (Fsp3) is 0.263. The van der Waals surface area contributed by atoms with Gasteiger partial charge in [0.25, 0.3) is 0 Å². The van der Waals surface area contributed by atoms with Crippen molar-refractivity contribution in [3.8, 4) is 5.75 Å². The summed E-state index contributed by atoms with van der Waals surface area (Å²) in [5, 5.41) is 8.16. The third kappa shape index (κ3) is 3.49. The van der Waals surface area contributed by atoms with Crippen LogP contribution in [-0.4, -0.2) is 13.7 Å². The summed E-state index contributed by atoms with van der Waals surface area (Å²) in [5.74, 6) is 1.40. The molecule has 0 spiro atoms. The van der Waals surface area contributed by atoms with E-state index in [-0.39, 0.29) is 0 Å². The molecule has 0 fully saturated rings. The van der Waals surface area contributed by atoms with Gasteiger partial charge in [-0.05, 0) is 45.8 Å². The molecular weight excluding hydrogens is 290 g/mol. The molecule has 0 aliphatic carbocycles. The van der Waals surface area contributed by atoms with E-state index >= 15 is 0 Å². The van der Waals surface area contributed by atoms with Crippen molar-refractivity contribution in [1.82, 2.24) is 5.32 Å². The molecule has 22 heavy (non-hydrogen) atoms. The van der Waals surface area contributed by atoms with Crippen molar-refractivity contribution >= 4 is 22.1 Å². The van der Waals surface area contributed by atoms with Crippen LogP contribution in [-0.2, 0) is 6.54 Å². The van der Waals surface area contributed by atoms with E-state index in [1.54, 1.807) is 18.4 Å². The lowest BCUT2D eigenvalue weighted by atomic mass is 9.97. The molecule has 0 saturated heterocycles. The molecule has 0 aliphatic rings. The van der Waals surface area contributed by atoms with Gasteiger partial charge in [0.2, 0.25) is 0 Å². The molecule has 1 aromatic heterocycles. The summed E-state index contributed by atoms with van der Waals surface area (Å²) in [7, 11) is 1.71. The average molecular weight is 311 g/mol. The molecule has 1 atom stereocenters. The second-order valence-electron chi connectivity index (χ2n) is 5.58. The Morgan fingerprint density at radius 2 is 1.91 bits per heavy atom. The lowest BCUT2D eigenvalue weighted by Gasteiger charge is -2.14. The highest BCUT2D eigenvalue weighted by atomic mass is 32.1. The van der Waals surface area contributed by atoms with Crippen molar-refractivity contribution in [3.05, 3.63) is 64.4 Å². The maximum Gasteiger partial charge on any atom is 0.119 e. The van der Waals surface area contributed by atoms with E-state index in [0.717, 1.165) is 18.8 Å². The summed E-state index contributed by atoms with van der Waals surface area (Å²) in [5.41, 5.74) is 1.37. The Bertz CT molecular complexity index is 736. The number of hydrogen-bond donors (Lipinski definition) is 1. The highest BCUT2D eigenvalue weighted by molar-refractivity contribution is 7.09. The highest BCUT2D eigenvalue weighted by Crippen LogP contribution is 2.25. The zero-order chi connectivity index (χ0) is 15.4. The highest BCUT2D eigenvalue weighted by Gasteiger charge is 2.07. The van der Waals surface area contributed by atoms with Crippen molar-refractivity contribution in [1.29, 1.82) is 0 Å². The maximum absolute atomic E-state index is 5.28. The van der Waals surface area contributed by atoms with Crippen molar-refractivity contribution in [3.63, 3.8) is 0 Å². The second kappa shape index (κ2) is 6.95. The zero-order valence-corrected chi connectivity index (χ0v) is 13.8. The molecule has 0 saturated carbocycles. The third-order valence-corrected chi connectivity index (χ3v) is 4.85.